The predicted octanol–water partition coefficient (Wildman–Crippen LogP) is 4.92. The lowest BCUT2D eigenvalue weighted by Gasteiger charge is -2.07. The maximum atomic E-state index is 13.5. The monoisotopic (exact) mass is 540 g/mol. The molecule has 0 atom stereocenters. The molecule has 0 saturated carbocycles. The highest BCUT2D eigenvalue weighted by molar-refractivity contribution is 7.92. The summed E-state index contributed by atoms with van der Waals surface area (Å²) in [6, 6.07) is 22.7. The van der Waals surface area contributed by atoms with Crippen molar-refractivity contribution in [1.82, 2.24) is 19.7 Å². The average Bonchev–Trinajstić information content (AvgIpc) is 3.38. The number of amides is 1. The standard InChI is InChI=1S/C28H21FN6O3S/c29-22-10-7-20(8-11-22)27-21(19-35(33-27)24-5-2-1-3-6-24)9-16-26(36)32-23-12-14-25(15-13-23)39(37,38)34-28-30-17-4-18-31-28/h1-19H,(H,32,36)(H,30,31,34)/b16-9+. The molecule has 5 rings (SSSR count). The number of carbonyl (C=O) groups is 1. The summed E-state index contributed by atoms with van der Waals surface area (Å²) in [6.07, 6.45) is 7.58. The van der Waals surface area contributed by atoms with Crippen LogP contribution in [0, 0.1) is 5.82 Å². The zero-order chi connectivity index (χ0) is 27.2. The van der Waals surface area contributed by atoms with Crippen molar-refractivity contribution in [3.63, 3.8) is 0 Å². The van der Waals surface area contributed by atoms with Crippen molar-refractivity contribution in [2.24, 2.45) is 0 Å². The van der Waals surface area contributed by atoms with Crippen molar-refractivity contribution in [2.75, 3.05) is 10.0 Å². The molecular formula is C28H21FN6O3S. The molecule has 0 aliphatic rings. The summed E-state index contributed by atoms with van der Waals surface area (Å²) >= 11 is 0. The average molecular weight is 541 g/mol. The van der Waals surface area contributed by atoms with E-state index in [1.807, 2.05) is 30.3 Å². The molecule has 0 radical (unpaired) electrons. The molecule has 0 saturated heterocycles. The van der Waals surface area contributed by atoms with Gasteiger partial charge in [-0.15, -0.1) is 0 Å². The van der Waals surface area contributed by atoms with Crippen LogP contribution in [-0.4, -0.2) is 34.1 Å². The van der Waals surface area contributed by atoms with Crippen molar-refractivity contribution in [2.45, 2.75) is 4.90 Å². The number of sulfonamides is 1. The van der Waals surface area contributed by atoms with Gasteiger partial charge in [-0.05, 0) is 72.8 Å². The molecule has 1 amide bonds. The minimum atomic E-state index is -3.89. The SMILES string of the molecule is O=C(/C=C/c1cn(-c2ccccc2)nc1-c1ccc(F)cc1)Nc1ccc(S(=O)(=O)Nc2ncccn2)cc1. The van der Waals surface area contributed by atoms with Crippen LogP contribution in [0.4, 0.5) is 16.0 Å². The zero-order valence-electron chi connectivity index (χ0n) is 20.3. The maximum absolute atomic E-state index is 13.5. The van der Waals surface area contributed by atoms with E-state index in [0.29, 0.717) is 22.5 Å². The van der Waals surface area contributed by atoms with E-state index >= 15 is 0 Å². The second-order valence-electron chi connectivity index (χ2n) is 8.24. The molecule has 0 bridgehead atoms. The summed E-state index contributed by atoms with van der Waals surface area (Å²) in [5, 5.41) is 7.35. The molecular weight excluding hydrogens is 519 g/mol. The Morgan fingerprint density at radius 3 is 2.26 bits per heavy atom. The molecule has 3 aromatic carbocycles. The van der Waals surface area contributed by atoms with E-state index in [2.05, 4.69) is 25.1 Å². The molecule has 39 heavy (non-hydrogen) atoms. The highest BCUT2D eigenvalue weighted by atomic mass is 32.2. The van der Waals surface area contributed by atoms with Gasteiger partial charge in [-0.1, -0.05) is 18.2 Å². The third-order valence-electron chi connectivity index (χ3n) is 5.52. The van der Waals surface area contributed by atoms with Crippen molar-refractivity contribution >= 4 is 33.6 Å². The number of aromatic nitrogens is 4. The molecule has 9 nitrogen and oxygen atoms in total. The van der Waals surface area contributed by atoms with Gasteiger partial charge in [0.05, 0.1) is 16.3 Å². The molecule has 2 N–H and O–H groups in total. The Morgan fingerprint density at radius 1 is 0.872 bits per heavy atom. The van der Waals surface area contributed by atoms with Gasteiger partial charge in [0, 0.05) is 41.5 Å². The van der Waals surface area contributed by atoms with Crippen LogP contribution >= 0.6 is 0 Å². The fourth-order valence-corrected chi connectivity index (χ4v) is 4.61. The van der Waals surface area contributed by atoms with Gasteiger partial charge in [0.1, 0.15) is 5.82 Å². The highest BCUT2D eigenvalue weighted by Gasteiger charge is 2.16. The van der Waals surface area contributed by atoms with Crippen LogP contribution < -0.4 is 10.0 Å². The molecule has 0 fully saturated rings. The van der Waals surface area contributed by atoms with E-state index in [1.165, 1.54) is 54.9 Å². The number of hydrogen-bond donors (Lipinski definition) is 2. The number of carbonyl (C=O) groups excluding carboxylic acids is 1. The summed E-state index contributed by atoms with van der Waals surface area (Å²) in [5.74, 6) is -0.838. The first-order valence-electron chi connectivity index (χ1n) is 11.7. The molecule has 2 heterocycles. The molecule has 2 aromatic heterocycles. The number of para-hydroxylation sites is 1. The van der Waals surface area contributed by atoms with Crippen LogP contribution in [0.5, 0.6) is 0 Å². The Kier molecular flexibility index (Phi) is 7.23. The quantitative estimate of drug-likeness (QED) is 0.270. The molecule has 194 valence electrons. The number of halogens is 1. The third kappa shape index (κ3) is 6.22. The van der Waals surface area contributed by atoms with Gasteiger partial charge in [-0.2, -0.15) is 5.10 Å². The van der Waals surface area contributed by atoms with Crippen LogP contribution in [0.15, 0.2) is 114 Å². The summed E-state index contributed by atoms with van der Waals surface area (Å²) in [7, 11) is -3.89. The van der Waals surface area contributed by atoms with E-state index in [1.54, 1.807) is 35.2 Å². The smallest absolute Gasteiger partial charge is 0.264 e. The van der Waals surface area contributed by atoms with E-state index in [-0.39, 0.29) is 16.7 Å². The zero-order valence-corrected chi connectivity index (χ0v) is 21.1. The lowest BCUT2D eigenvalue weighted by atomic mass is 10.1. The Labute approximate surface area is 223 Å². The molecule has 11 heteroatoms. The molecule has 0 spiro atoms. The Hall–Kier alpha value is -5.16. The van der Waals surface area contributed by atoms with Crippen LogP contribution in [0.1, 0.15) is 5.56 Å². The number of nitrogens with one attached hydrogen (secondary N) is 2. The van der Waals surface area contributed by atoms with Gasteiger partial charge >= 0.3 is 0 Å². The van der Waals surface area contributed by atoms with E-state index in [4.69, 9.17) is 0 Å². The highest BCUT2D eigenvalue weighted by Crippen LogP contribution is 2.25. The Morgan fingerprint density at radius 2 is 1.56 bits per heavy atom. The van der Waals surface area contributed by atoms with E-state index < -0.39 is 15.9 Å². The summed E-state index contributed by atoms with van der Waals surface area (Å²) < 4.78 is 42.6. The van der Waals surface area contributed by atoms with Crippen molar-refractivity contribution in [1.29, 1.82) is 0 Å². The minimum Gasteiger partial charge on any atom is -0.323 e. The van der Waals surface area contributed by atoms with Crippen molar-refractivity contribution in [3.05, 3.63) is 121 Å². The number of benzene rings is 3. The second-order valence-corrected chi connectivity index (χ2v) is 9.93. The first-order valence-corrected chi connectivity index (χ1v) is 13.2. The van der Waals surface area contributed by atoms with Gasteiger partial charge in [-0.25, -0.2) is 32.2 Å². The largest absolute Gasteiger partial charge is 0.323 e. The maximum Gasteiger partial charge on any atom is 0.264 e. The normalized spacial score (nSPS) is 11.4. The number of nitrogens with zero attached hydrogens (tertiary/aromatic N) is 4. The van der Waals surface area contributed by atoms with E-state index in [9.17, 15) is 17.6 Å². The summed E-state index contributed by atoms with van der Waals surface area (Å²) in [4.78, 5) is 20.3. The lowest BCUT2D eigenvalue weighted by molar-refractivity contribution is -0.111. The summed E-state index contributed by atoms with van der Waals surface area (Å²) in [5.41, 5.74) is 3.15. The van der Waals surface area contributed by atoms with Gasteiger partial charge < -0.3 is 5.32 Å². The predicted molar refractivity (Wildman–Crippen MR) is 146 cm³/mol. The molecule has 0 aliphatic carbocycles. The number of anilines is 2. The topological polar surface area (TPSA) is 119 Å². The van der Waals surface area contributed by atoms with Gasteiger partial charge in [0.2, 0.25) is 11.9 Å². The van der Waals surface area contributed by atoms with Crippen molar-refractivity contribution in [3.8, 4) is 16.9 Å². The Balaban J connectivity index is 1.32. The van der Waals surface area contributed by atoms with Crippen LogP contribution in [0.2, 0.25) is 0 Å². The van der Waals surface area contributed by atoms with Gasteiger partial charge in [0.25, 0.3) is 10.0 Å². The van der Waals surface area contributed by atoms with Gasteiger partial charge in [-0.3, -0.25) is 4.79 Å². The summed E-state index contributed by atoms with van der Waals surface area (Å²) in [6.45, 7) is 0. The number of rotatable bonds is 8. The Bertz CT molecular complexity index is 1720. The molecule has 5 aromatic rings. The van der Waals surface area contributed by atoms with E-state index in [0.717, 1.165) is 5.69 Å². The lowest BCUT2D eigenvalue weighted by Crippen LogP contribution is -2.15. The van der Waals surface area contributed by atoms with Crippen molar-refractivity contribution < 1.29 is 17.6 Å². The van der Waals surface area contributed by atoms with Crippen LogP contribution in [0.3, 0.4) is 0 Å². The van der Waals surface area contributed by atoms with Gasteiger partial charge in [0.15, 0.2) is 0 Å². The minimum absolute atomic E-state index is 0.0132. The second kappa shape index (κ2) is 11.1. The fraction of sp³-hybridized carbons (Fsp3) is 0. The third-order valence-corrected chi connectivity index (χ3v) is 6.86. The fourth-order valence-electron chi connectivity index (χ4n) is 3.65. The molecule has 0 aliphatic heterocycles. The molecule has 0 unspecified atom stereocenters. The first kappa shape index (κ1) is 25.5. The number of hydrogen-bond acceptors (Lipinski definition) is 6. The van der Waals surface area contributed by atoms with Crippen LogP contribution in [-0.2, 0) is 14.8 Å². The first-order chi connectivity index (χ1) is 18.9. The van der Waals surface area contributed by atoms with Crippen LogP contribution in [0.25, 0.3) is 23.0 Å².